The summed E-state index contributed by atoms with van der Waals surface area (Å²) in [6, 6.07) is 54.0. The minimum absolute atomic E-state index is 0. The summed E-state index contributed by atoms with van der Waals surface area (Å²) < 4.78 is 37.7. The smallest absolute Gasteiger partial charge is 0.148 e. The summed E-state index contributed by atoms with van der Waals surface area (Å²) in [5, 5.41) is 11.8. The number of aryl methyl sites for hydroxylation is 3. The molecule has 0 saturated carbocycles. The van der Waals surface area contributed by atoms with E-state index in [0.29, 0.717) is 33.7 Å². The number of rotatable bonds is 9. The van der Waals surface area contributed by atoms with E-state index in [-0.39, 0.29) is 38.3 Å². The van der Waals surface area contributed by atoms with Gasteiger partial charge in [0.15, 0.2) is 0 Å². The molecule has 5 heteroatoms. The van der Waals surface area contributed by atoms with Crippen molar-refractivity contribution in [2.75, 3.05) is 0 Å². The summed E-state index contributed by atoms with van der Waals surface area (Å²) in [6.45, 7) is 9.27. The van der Waals surface area contributed by atoms with Crippen LogP contribution in [0.1, 0.15) is 72.8 Å². The first-order valence-electron chi connectivity index (χ1n) is 22.8. The minimum atomic E-state index is -2.54. The standard InChI is InChI=1S/C57H50N3O.Pt/c1-35(2)44-28-45(36(3)4)30-47(29-44)42-21-22-53(38(6)27-42)60-54-20-14-19-50(55(54)59-57(60)51-26-37(5)25-39(7)56(51)61)48-31-46(41-17-12-9-13-18-41)32-49(33-48)52-34-43(23-24-58-52)40-15-10-8-11-16-40;/h8-32,34-36,61H,1-7H3;/q-1;/i6D3,35D;. The molecule has 1 N–H and O–H groups in total. The molecule has 62 heavy (non-hydrogen) atoms. The van der Waals surface area contributed by atoms with E-state index >= 15 is 0 Å². The molecule has 4 nitrogen and oxygen atoms in total. The van der Waals surface area contributed by atoms with Gasteiger partial charge in [-0.25, -0.2) is 4.98 Å². The Bertz CT molecular complexity index is 3240. The Kier molecular flexibility index (Phi) is 10.6. The van der Waals surface area contributed by atoms with Crippen LogP contribution in [0.25, 0.3) is 83.9 Å². The van der Waals surface area contributed by atoms with Crippen LogP contribution < -0.4 is 0 Å². The topological polar surface area (TPSA) is 50.9 Å². The van der Waals surface area contributed by atoms with Gasteiger partial charge < -0.3 is 5.11 Å². The molecule has 0 spiro atoms. The molecule has 0 unspecified atom stereocenters. The number of imidazole rings is 1. The Morgan fingerprint density at radius 1 is 0.613 bits per heavy atom. The van der Waals surface area contributed by atoms with Crippen LogP contribution in [0.15, 0.2) is 158 Å². The molecular formula is C57H50N3OPt-. The van der Waals surface area contributed by atoms with Gasteiger partial charge in [-0.3, -0.25) is 9.55 Å². The Balaban J connectivity index is 0.00000592. The van der Waals surface area contributed by atoms with Gasteiger partial charge in [-0.15, -0.1) is 23.8 Å². The van der Waals surface area contributed by atoms with Crippen LogP contribution in [0, 0.1) is 26.8 Å². The van der Waals surface area contributed by atoms with Gasteiger partial charge >= 0.3 is 0 Å². The molecule has 0 atom stereocenters. The summed E-state index contributed by atoms with van der Waals surface area (Å²) in [7, 11) is 0. The third kappa shape index (κ3) is 8.20. The maximum atomic E-state index is 11.8. The van der Waals surface area contributed by atoms with Gasteiger partial charge in [-0.05, 0) is 118 Å². The number of aromatic nitrogens is 3. The predicted molar refractivity (Wildman–Crippen MR) is 254 cm³/mol. The zero-order chi connectivity index (χ0) is 45.8. The molecule has 0 saturated heterocycles. The molecule has 0 aliphatic heterocycles. The van der Waals surface area contributed by atoms with Crippen LogP contribution >= 0.6 is 0 Å². The molecular weight excluding hydrogens is 938 g/mol. The average molecular weight is 992 g/mol. The average Bonchev–Trinajstić information content (AvgIpc) is 3.69. The Hall–Kier alpha value is -6.35. The Morgan fingerprint density at radius 3 is 2.00 bits per heavy atom. The van der Waals surface area contributed by atoms with Crippen LogP contribution in [-0.4, -0.2) is 19.6 Å². The van der Waals surface area contributed by atoms with Gasteiger partial charge in [0, 0.05) is 38.4 Å². The molecule has 2 aromatic heterocycles. The number of nitrogens with zero attached hydrogens (tertiary/aromatic N) is 3. The zero-order valence-electron chi connectivity index (χ0n) is 39.7. The van der Waals surface area contributed by atoms with Crippen LogP contribution in [-0.2, 0) is 21.1 Å². The Labute approximate surface area is 385 Å². The van der Waals surface area contributed by atoms with Crippen LogP contribution in [0.4, 0.5) is 0 Å². The molecule has 9 rings (SSSR count). The van der Waals surface area contributed by atoms with Crippen molar-refractivity contribution in [3.63, 3.8) is 0 Å². The van der Waals surface area contributed by atoms with Crippen LogP contribution in [0.3, 0.4) is 0 Å². The van der Waals surface area contributed by atoms with E-state index in [1.165, 1.54) is 0 Å². The van der Waals surface area contributed by atoms with Crippen LogP contribution in [0.5, 0.6) is 5.75 Å². The maximum Gasteiger partial charge on any atom is 0.148 e. The fourth-order valence-corrected chi connectivity index (χ4v) is 8.26. The first kappa shape index (κ1) is 37.4. The van der Waals surface area contributed by atoms with Gasteiger partial charge in [0.2, 0.25) is 0 Å². The second-order valence-electron chi connectivity index (χ2n) is 16.5. The van der Waals surface area contributed by atoms with Crippen molar-refractivity contribution in [1.29, 1.82) is 0 Å². The molecule has 0 aliphatic carbocycles. The monoisotopic (exact) mass is 991 g/mol. The van der Waals surface area contributed by atoms with E-state index in [2.05, 4.69) is 74.5 Å². The fourth-order valence-electron chi connectivity index (χ4n) is 8.26. The first-order chi connectivity index (χ1) is 31.0. The van der Waals surface area contributed by atoms with Crippen molar-refractivity contribution in [3.05, 3.63) is 192 Å². The van der Waals surface area contributed by atoms with Crippen molar-refractivity contribution >= 4 is 11.0 Å². The number of pyridine rings is 1. The van der Waals surface area contributed by atoms with E-state index in [9.17, 15) is 5.11 Å². The van der Waals surface area contributed by atoms with E-state index in [1.54, 1.807) is 6.07 Å². The van der Waals surface area contributed by atoms with E-state index in [4.69, 9.17) is 15.5 Å². The summed E-state index contributed by atoms with van der Waals surface area (Å²) in [5.74, 6) is -0.174. The van der Waals surface area contributed by atoms with Gasteiger partial charge in [-0.1, -0.05) is 154 Å². The quantitative estimate of drug-likeness (QED) is 0.147. The van der Waals surface area contributed by atoms with E-state index in [1.807, 2.05) is 129 Å². The van der Waals surface area contributed by atoms with Crippen LogP contribution in [0.2, 0.25) is 0 Å². The minimum Gasteiger partial charge on any atom is -0.507 e. The molecule has 0 aliphatic rings. The molecule has 2 heterocycles. The van der Waals surface area contributed by atoms with E-state index < -0.39 is 12.7 Å². The maximum absolute atomic E-state index is 11.8. The van der Waals surface area contributed by atoms with Crippen molar-refractivity contribution < 1.29 is 31.7 Å². The summed E-state index contributed by atoms with van der Waals surface area (Å²) >= 11 is 0. The number of para-hydroxylation sites is 1. The third-order valence-corrected chi connectivity index (χ3v) is 11.6. The summed E-state index contributed by atoms with van der Waals surface area (Å²) in [6.07, 6.45) is 1.83. The van der Waals surface area contributed by atoms with E-state index in [0.717, 1.165) is 72.5 Å². The second kappa shape index (κ2) is 17.6. The predicted octanol–water partition coefficient (Wildman–Crippen LogP) is 15.1. The molecule has 0 fully saturated rings. The van der Waals surface area contributed by atoms with Crippen molar-refractivity contribution in [2.45, 2.75) is 60.2 Å². The molecule has 9 aromatic rings. The van der Waals surface area contributed by atoms with Gasteiger partial charge in [0.1, 0.15) is 11.6 Å². The van der Waals surface area contributed by atoms with Gasteiger partial charge in [0.05, 0.1) is 22.3 Å². The number of fused-ring (bicyclic) bond motifs is 1. The first-order valence-corrected chi connectivity index (χ1v) is 20.8. The molecule has 0 amide bonds. The number of phenols is 1. The summed E-state index contributed by atoms with van der Waals surface area (Å²) in [5.41, 5.74) is 14.7. The third-order valence-electron chi connectivity index (χ3n) is 11.6. The number of hydrogen-bond donors (Lipinski definition) is 1. The molecule has 7 aromatic carbocycles. The molecule has 0 bridgehead atoms. The number of aromatic hydroxyl groups is 1. The normalized spacial score (nSPS) is 12.7. The van der Waals surface area contributed by atoms with Crippen molar-refractivity contribution in [2.24, 2.45) is 0 Å². The van der Waals surface area contributed by atoms with Gasteiger partial charge in [-0.2, -0.15) is 0 Å². The molecule has 310 valence electrons. The largest absolute Gasteiger partial charge is 0.507 e. The number of hydrogen-bond acceptors (Lipinski definition) is 3. The molecule has 0 radical (unpaired) electrons. The second-order valence-corrected chi connectivity index (χ2v) is 16.5. The van der Waals surface area contributed by atoms with Gasteiger partial charge in [0.25, 0.3) is 0 Å². The van der Waals surface area contributed by atoms with Crippen molar-refractivity contribution in [3.8, 4) is 78.6 Å². The number of benzene rings is 7. The van der Waals surface area contributed by atoms with Crippen molar-refractivity contribution in [1.82, 2.24) is 14.5 Å². The number of phenolic OH excluding ortho intramolecular Hbond substituents is 1. The SMILES string of the molecule is [2H]C([2H])([2H])c1cc(-c2cc(C(C)C)cc(C([2H])(C)C)c2)ccc1-n1c(-c2cc(C)cc(C)c2O)nc2c(-c3[c-]c(-c4cc(-c5ccccc5)ccn4)cc(-c4ccccc4)c3)cccc21.[Pt]. The summed E-state index contributed by atoms with van der Waals surface area (Å²) in [4.78, 5) is 10.2. The zero-order valence-corrected chi connectivity index (χ0v) is 38.0. The Morgan fingerprint density at radius 2 is 1.29 bits per heavy atom. The fraction of sp³-hybridized carbons (Fsp3) is 0.158.